The molecule has 6 nitrogen and oxygen atoms in total. The summed E-state index contributed by atoms with van der Waals surface area (Å²) >= 11 is 12.4. The van der Waals surface area contributed by atoms with E-state index in [2.05, 4.69) is 10.6 Å². The Bertz CT molecular complexity index is 1170. The van der Waals surface area contributed by atoms with E-state index in [0.29, 0.717) is 22.0 Å². The van der Waals surface area contributed by atoms with Gasteiger partial charge in [0.25, 0.3) is 17.7 Å². The van der Waals surface area contributed by atoms with Gasteiger partial charge < -0.3 is 10.6 Å². The minimum Gasteiger partial charge on any atom is -0.349 e. The third-order valence-corrected chi connectivity index (χ3v) is 7.03. The Hall–Kier alpha value is -2.83. The van der Waals surface area contributed by atoms with Gasteiger partial charge in [-0.2, -0.15) is 0 Å². The van der Waals surface area contributed by atoms with Gasteiger partial charge in [-0.25, -0.2) is 0 Å². The Kier molecular flexibility index (Phi) is 6.77. The number of hydrogen-bond acceptors (Lipinski definition) is 4. The molecule has 1 saturated carbocycles. The average molecular weight is 486 g/mol. The van der Waals surface area contributed by atoms with Crippen LogP contribution in [0.4, 0.5) is 11.4 Å². The van der Waals surface area contributed by atoms with Gasteiger partial charge in [0.1, 0.15) is 10.7 Å². The molecule has 0 spiro atoms. The number of anilines is 2. The Morgan fingerprint density at radius 1 is 0.970 bits per heavy atom. The SMILES string of the molecule is Cc1ccc(C(=O)Nc2cccc(Cl)c2C)cc1NC1=C(Cl)C(=O)N(C2CCCCC2)C1=O. The van der Waals surface area contributed by atoms with Crippen molar-refractivity contribution >= 4 is 52.3 Å². The molecule has 0 saturated heterocycles. The molecule has 172 valence electrons. The Morgan fingerprint density at radius 2 is 1.70 bits per heavy atom. The quantitative estimate of drug-likeness (QED) is 0.526. The Morgan fingerprint density at radius 3 is 2.42 bits per heavy atom. The summed E-state index contributed by atoms with van der Waals surface area (Å²) in [6, 6.07) is 10.3. The molecule has 1 aliphatic heterocycles. The fraction of sp³-hybridized carbons (Fsp3) is 0.320. The summed E-state index contributed by atoms with van der Waals surface area (Å²) in [5.74, 6) is -1.19. The minimum absolute atomic E-state index is 0.0542. The van der Waals surface area contributed by atoms with Crippen LogP contribution in [0, 0.1) is 13.8 Å². The van der Waals surface area contributed by atoms with Gasteiger partial charge >= 0.3 is 0 Å². The topological polar surface area (TPSA) is 78.5 Å². The zero-order chi connectivity index (χ0) is 23.7. The number of carbonyl (C=O) groups excluding carboxylic acids is 3. The number of carbonyl (C=O) groups is 3. The summed E-state index contributed by atoms with van der Waals surface area (Å²) in [4.78, 5) is 40.0. The zero-order valence-corrected chi connectivity index (χ0v) is 20.0. The number of aryl methyl sites for hydroxylation is 1. The summed E-state index contributed by atoms with van der Waals surface area (Å²) < 4.78 is 0. The highest BCUT2D eigenvalue weighted by Crippen LogP contribution is 2.33. The van der Waals surface area contributed by atoms with Gasteiger partial charge in [-0.05, 0) is 62.1 Å². The predicted molar refractivity (Wildman–Crippen MR) is 131 cm³/mol. The molecule has 0 atom stereocenters. The minimum atomic E-state index is -0.459. The normalized spacial score (nSPS) is 17.0. The molecule has 1 fully saturated rings. The number of benzene rings is 2. The van der Waals surface area contributed by atoms with Gasteiger partial charge in [-0.3, -0.25) is 19.3 Å². The number of nitrogens with zero attached hydrogens (tertiary/aromatic N) is 1. The van der Waals surface area contributed by atoms with Crippen molar-refractivity contribution in [2.24, 2.45) is 0 Å². The molecular formula is C25H25Cl2N3O3. The Labute approximate surface area is 202 Å². The van der Waals surface area contributed by atoms with Crippen LogP contribution in [0.1, 0.15) is 53.6 Å². The first-order valence-corrected chi connectivity index (χ1v) is 11.8. The molecular weight excluding hydrogens is 461 g/mol. The number of imide groups is 1. The standard InChI is InChI=1S/C25H25Cl2N3O3/c1-14-11-12-16(23(31)29-19-10-6-9-18(26)15(19)2)13-20(14)28-22-21(27)24(32)30(25(22)33)17-7-4-3-5-8-17/h6,9-13,17,28H,3-5,7-8H2,1-2H3,(H,29,31). The molecule has 4 rings (SSSR count). The van der Waals surface area contributed by atoms with Crippen LogP contribution in [0.25, 0.3) is 0 Å². The summed E-state index contributed by atoms with van der Waals surface area (Å²) in [6.07, 6.45) is 4.69. The van der Waals surface area contributed by atoms with Crippen LogP contribution >= 0.6 is 23.2 Å². The van der Waals surface area contributed by atoms with Crippen molar-refractivity contribution in [3.8, 4) is 0 Å². The van der Waals surface area contributed by atoms with Crippen molar-refractivity contribution in [1.29, 1.82) is 0 Å². The summed E-state index contributed by atoms with van der Waals surface area (Å²) in [5.41, 5.74) is 3.17. The van der Waals surface area contributed by atoms with Crippen molar-refractivity contribution in [2.45, 2.75) is 52.0 Å². The first kappa shape index (κ1) is 23.3. The highest BCUT2D eigenvalue weighted by Gasteiger charge is 2.42. The van der Waals surface area contributed by atoms with E-state index in [1.807, 2.05) is 13.8 Å². The third kappa shape index (κ3) is 4.63. The lowest BCUT2D eigenvalue weighted by Crippen LogP contribution is -2.42. The van der Waals surface area contributed by atoms with E-state index in [4.69, 9.17) is 23.2 Å². The summed E-state index contributed by atoms with van der Waals surface area (Å²) in [5, 5.41) is 6.33. The number of nitrogens with one attached hydrogen (secondary N) is 2. The maximum atomic E-state index is 13.1. The van der Waals surface area contributed by atoms with Gasteiger partial charge in [0.05, 0.1) is 0 Å². The van der Waals surface area contributed by atoms with Crippen molar-refractivity contribution in [1.82, 2.24) is 4.90 Å². The lowest BCUT2D eigenvalue weighted by atomic mass is 9.94. The molecule has 0 aromatic heterocycles. The molecule has 3 amide bonds. The first-order valence-electron chi connectivity index (χ1n) is 11.0. The number of halogens is 2. The first-order chi connectivity index (χ1) is 15.8. The van der Waals surface area contributed by atoms with Crippen LogP contribution in [0.3, 0.4) is 0 Å². The molecule has 2 aliphatic rings. The predicted octanol–water partition coefficient (Wildman–Crippen LogP) is 5.77. The maximum absolute atomic E-state index is 13.1. The van der Waals surface area contributed by atoms with E-state index < -0.39 is 11.8 Å². The third-order valence-electron chi connectivity index (χ3n) is 6.27. The van der Waals surface area contributed by atoms with Crippen molar-refractivity contribution < 1.29 is 14.4 Å². The van der Waals surface area contributed by atoms with E-state index in [0.717, 1.165) is 43.2 Å². The fourth-order valence-electron chi connectivity index (χ4n) is 4.27. The van der Waals surface area contributed by atoms with Gasteiger partial charge in [-0.1, -0.05) is 54.6 Å². The fourth-order valence-corrected chi connectivity index (χ4v) is 4.66. The van der Waals surface area contributed by atoms with Gasteiger partial charge in [0.2, 0.25) is 0 Å². The van der Waals surface area contributed by atoms with E-state index in [9.17, 15) is 14.4 Å². The van der Waals surface area contributed by atoms with Gasteiger partial charge in [0.15, 0.2) is 0 Å². The molecule has 0 unspecified atom stereocenters. The van der Waals surface area contributed by atoms with Crippen LogP contribution < -0.4 is 10.6 Å². The van der Waals surface area contributed by atoms with Crippen molar-refractivity contribution in [3.63, 3.8) is 0 Å². The summed E-state index contributed by atoms with van der Waals surface area (Å²) in [6.45, 7) is 3.68. The maximum Gasteiger partial charge on any atom is 0.279 e. The number of rotatable bonds is 5. The van der Waals surface area contributed by atoms with Crippen LogP contribution in [0.5, 0.6) is 0 Å². The van der Waals surface area contributed by atoms with Gasteiger partial charge in [-0.15, -0.1) is 0 Å². The Balaban J connectivity index is 1.55. The molecule has 2 N–H and O–H groups in total. The van der Waals surface area contributed by atoms with Crippen LogP contribution in [0.15, 0.2) is 47.1 Å². The van der Waals surface area contributed by atoms with Gasteiger partial charge in [0, 0.05) is 28.0 Å². The molecule has 1 heterocycles. The highest BCUT2D eigenvalue weighted by molar-refractivity contribution is 6.48. The largest absolute Gasteiger partial charge is 0.349 e. The summed E-state index contributed by atoms with van der Waals surface area (Å²) in [7, 11) is 0. The second kappa shape index (κ2) is 9.57. The van der Waals surface area contributed by atoms with E-state index in [1.165, 1.54) is 4.90 Å². The molecule has 2 aromatic rings. The lowest BCUT2D eigenvalue weighted by Gasteiger charge is -2.29. The smallest absolute Gasteiger partial charge is 0.279 e. The molecule has 0 radical (unpaired) electrons. The molecule has 0 bridgehead atoms. The van der Waals surface area contributed by atoms with Crippen molar-refractivity contribution in [3.05, 3.63) is 68.8 Å². The van der Waals surface area contributed by atoms with Crippen LogP contribution in [-0.4, -0.2) is 28.7 Å². The van der Waals surface area contributed by atoms with E-state index >= 15 is 0 Å². The van der Waals surface area contributed by atoms with E-state index in [-0.39, 0.29) is 22.7 Å². The zero-order valence-electron chi connectivity index (χ0n) is 18.5. The number of amides is 3. The second-order valence-electron chi connectivity index (χ2n) is 8.48. The molecule has 8 heteroatoms. The molecule has 33 heavy (non-hydrogen) atoms. The molecule has 1 aliphatic carbocycles. The second-order valence-corrected chi connectivity index (χ2v) is 9.27. The average Bonchev–Trinajstić information content (AvgIpc) is 3.01. The monoisotopic (exact) mass is 485 g/mol. The highest BCUT2D eigenvalue weighted by atomic mass is 35.5. The number of hydrogen-bond donors (Lipinski definition) is 2. The lowest BCUT2D eigenvalue weighted by molar-refractivity contribution is -0.140. The van der Waals surface area contributed by atoms with Crippen LogP contribution in [-0.2, 0) is 9.59 Å². The molecule has 2 aromatic carbocycles. The van der Waals surface area contributed by atoms with Crippen LogP contribution in [0.2, 0.25) is 5.02 Å². The van der Waals surface area contributed by atoms with Crippen molar-refractivity contribution in [2.75, 3.05) is 10.6 Å². The van der Waals surface area contributed by atoms with E-state index in [1.54, 1.807) is 36.4 Å².